The standard InChI is InChI=1S/C20H24N2O2S/c1-14(2)12-19(23)21-16-6-8-17(9-7-16)22-20(24)13-25-18-10-4-15(3)5-11-18/h4-11,14H,12-13H2,1-3H3,(H,21,23)(H,22,24). The molecule has 2 amide bonds. The maximum atomic E-state index is 12.0. The number of benzene rings is 2. The molecule has 0 aromatic heterocycles. The number of rotatable bonds is 7. The fraction of sp³-hybridized carbons (Fsp3) is 0.300. The molecule has 2 aromatic carbocycles. The van der Waals surface area contributed by atoms with E-state index < -0.39 is 0 Å². The number of hydrogen-bond donors (Lipinski definition) is 2. The molecule has 0 aliphatic rings. The average molecular weight is 356 g/mol. The highest BCUT2D eigenvalue weighted by molar-refractivity contribution is 8.00. The van der Waals surface area contributed by atoms with E-state index in [0.717, 1.165) is 16.3 Å². The minimum Gasteiger partial charge on any atom is -0.326 e. The molecule has 0 bridgehead atoms. The van der Waals surface area contributed by atoms with Crippen molar-refractivity contribution in [3.8, 4) is 0 Å². The van der Waals surface area contributed by atoms with Crippen molar-refractivity contribution in [2.45, 2.75) is 32.1 Å². The van der Waals surface area contributed by atoms with Gasteiger partial charge < -0.3 is 10.6 Å². The lowest BCUT2D eigenvalue weighted by atomic mass is 10.1. The van der Waals surface area contributed by atoms with Crippen LogP contribution >= 0.6 is 11.8 Å². The maximum absolute atomic E-state index is 12.0. The molecular weight excluding hydrogens is 332 g/mol. The minimum atomic E-state index is -0.0535. The molecule has 0 saturated carbocycles. The number of carbonyl (C=O) groups excluding carboxylic acids is 2. The van der Waals surface area contributed by atoms with Crippen molar-refractivity contribution in [1.82, 2.24) is 0 Å². The highest BCUT2D eigenvalue weighted by Crippen LogP contribution is 2.19. The van der Waals surface area contributed by atoms with Crippen LogP contribution in [0.25, 0.3) is 0 Å². The van der Waals surface area contributed by atoms with Gasteiger partial charge in [0.25, 0.3) is 0 Å². The van der Waals surface area contributed by atoms with Gasteiger partial charge in [-0.05, 0) is 49.2 Å². The summed E-state index contributed by atoms with van der Waals surface area (Å²) in [6.45, 7) is 6.05. The molecule has 25 heavy (non-hydrogen) atoms. The van der Waals surface area contributed by atoms with Crippen molar-refractivity contribution >= 4 is 35.0 Å². The van der Waals surface area contributed by atoms with E-state index in [2.05, 4.69) is 10.6 Å². The molecule has 0 saturated heterocycles. The Kier molecular flexibility index (Phi) is 7.07. The fourth-order valence-electron chi connectivity index (χ4n) is 2.20. The smallest absolute Gasteiger partial charge is 0.234 e. The van der Waals surface area contributed by atoms with E-state index in [1.54, 1.807) is 24.3 Å². The van der Waals surface area contributed by atoms with Crippen LogP contribution in [0.1, 0.15) is 25.8 Å². The highest BCUT2D eigenvalue weighted by Gasteiger charge is 2.06. The summed E-state index contributed by atoms with van der Waals surface area (Å²) in [6, 6.07) is 15.3. The first kappa shape index (κ1) is 19.1. The molecule has 0 radical (unpaired) electrons. The summed E-state index contributed by atoms with van der Waals surface area (Å²) in [5, 5.41) is 5.71. The largest absolute Gasteiger partial charge is 0.326 e. The number of amides is 2. The van der Waals surface area contributed by atoms with Crippen LogP contribution < -0.4 is 10.6 Å². The van der Waals surface area contributed by atoms with Crippen molar-refractivity contribution < 1.29 is 9.59 Å². The molecule has 0 aliphatic carbocycles. The summed E-state index contributed by atoms with van der Waals surface area (Å²) in [5.74, 6) is 0.628. The molecule has 5 heteroatoms. The van der Waals surface area contributed by atoms with Gasteiger partial charge in [0.15, 0.2) is 0 Å². The highest BCUT2D eigenvalue weighted by atomic mass is 32.2. The number of anilines is 2. The van der Waals surface area contributed by atoms with Gasteiger partial charge in [-0.25, -0.2) is 0 Å². The SMILES string of the molecule is Cc1ccc(SCC(=O)Nc2ccc(NC(=O)CC(C)C)cc2)cc1. The first-order valence-electron chi connectivity index (χ1n) is 8.31. The fourth-order valence-corrected chi connectivity index (χ4v) is 2.90. The second-order valence-corrected chi connectivity index (χ2v) is 7.42. The Labute approximate surface area is 153 Å². The van der Waals surface area contributed by atoms with Gasteiger partial charge in [-0.3, -0.25) is 9.59 Å². The van der Waals surface area contributed by atoms with E-state index in [-0.39, 0.29) is 11.8 Å². The van der Waals surface area contributed by atoms with E-state index in [4.69, 9.17) is 0 Å². The number of carbonyl (C=O) groups is 2. The minimum absolute atomic E-state index is 0.00119. The summed E-state index contributed by atoms with van der Waals surface area (Å²) < 4.78 is 0. The lowest BCUT2D eigenvalue weighted by Crippen LogP contribution is -2.15. The molecule has 0 spiro atoms. The summed E-state index contributed by atoms with van der Waals surface area (Å²) in [7, 11) is 0. The van der Waals surface area contributed by atoms with Crippen LogP contribution in [-0.2, 0) is 9.59 Å². The number of nitrogens with one attached hydrogen (secondary N) is 2. The Balaban J connectivity index is 1.80. The second kappa shape index (κ2) is 9.28. The summed E-state index contributed by atoms with van der Waals surface area (Å²) >= 11 is 1.50. The zero-order valence-corrected chi connectivity index (χ0v) is 15.7. The van der Waals surface area contributed by atoms with Crippen molar-refractivity contribution in [3.63, 3.8) is 0 Å². The lowest BCUT2D eigenvalue weighted by molar-refractivity contribution is -0.117. The van der Waals surface area contributed by atoms with Gasteiger partial charge in [0, 0.05) is 22.7 Å². The molecule has 2 N–H and O–H groups in total. The van der Waals surface area contributed by atoms with Gasteiger partial charge in [-0.15, -0.1) is 11.8 Å². The molecule has 0 atom stereocenters. The molecule has 0 unspecified atom stereocenters. The summed E-state index contributed by atoms with van der Waals surface area (Å²) in [4.78, 5) is 24.9. The first-order valence-corrected chi connectivity index (χ1v) is 9.30. The molecule has 2 rings (SSSR count). The van der Waals surface area contributed by atoms with E-state index in [1.807, 2.05) is 45.0 Å². The van der Waals surface area contributed by atoms with Crippen molar-refractivity contribution in [3.05, 3.63) is 54.1 Å². The first-order chi connectivity index (χ1) is 11.9. The molecule has 4 nitrogen and oxygen atoms in total. The molecule has 0 aliphatic heterocycles. The zero-order valence-electron chi connectivity index (χ0n) is 14.8. The third kappa shape index (κ3) is 7.01. The predicted molar refractivity (Wildman–Crippen MR) is 105 cm³/mol. The van der Waals surface area contributed by atoms with Crippen LogP contribution in [-0.4, -0.2) is 17.6 Å². The van der Waals surface area contributed by atoms with Gasteiger partial charge in [-0.2, -0.15) is 0 Å². The quantitative estimate of drug-likeness (QED) is 0.706. The second-order valence-electron chi connectivity index (χ2n) is 6.37. The van der Waals surface area contributed by atoms with Crippen LogP contribution in [0.3, 0.4) is 0 Å². The van der Waals surface area contributed by atoms with Crippen LogP contribution in [0, 0.1) is 12.8 Å². The van der Waals surface area contributed by atoms with Gasteiger partial charge in [0.1, 0.15) is 0 Å². The Hall–Kier alpha value is -2.27. The van der Waals surface area contributed by atoms with Crippen molar-refractivity contribution in [2.75, 3.05) is 16.4 Å². The average Bonchev–Trinajstić information content (AvgIpc) is 2.55. The number of aryl methyl sites for hydroxylation is 1. The Morgan fingerprint density at radius 3 is 1.92 bits per heavy atom. The molecule has 2 aromatic rings. The lowest BCUT2D eigenvalue weighted by Gasteiger charge is -2.09. The third-order valence-corrected chi connectivity index (χ3v) is 4.45. The van der Waals surface area contributed by atoms with Crippen LogP contribution in [0.5, 0.6) is 0 Å². The van der Waals surface area contributed by atoms with E-state index >= 15 is 0 Å². The van der Waals surface area contributed by atoms with Crippen molar-refractivity contribution in [1.29, 1.82) is 0 Å². The van der Waals surface area contributed by atoms with Crippen LogP contribution in [0.15, 0.2) is 53.4 Å². The monoisotopic (exact) mass is 356 g/mol. The number of thioether (sulfide) groups is 1. The molecule has 0 heterocycles. The van der Waals surface area contributed by atoms with Crippen molar-refractivity contribution in [2.24, 2.45) is 5.92 Å². The zero-order chi connectivity index (χ0) is 18.2. The Morgan fingerprint density at radius 1 is 0.880 bits per heavy atom. The maximum Gasteiger partial charge on any atom is 0.234 e. The molecule has 132 valence electrons. The van der Waals surface area contributed by atoms with E-state index in [1.165, 1.54) is 17.3 Å². The van der Waals surface area contributed by atoms with Gasteiger partial charge >= 0.3 is 0 Å². The van der Waals surface area contributed by atoms with Gasteiger partial charge in [-0.1, -0.05) is 31.5 Å². The van der Waals surface area contributed by atoms with E-state index in [0.29, 0.717) is 18.1 Å². The predicted octanol–water partition coefficient (Wildman–Crippen LogP) is 4.71. The summed E-state index contributed by atoms with van der Waals surface area (Å²) in [5.41, 5.74) is 2.66. The third-order valence-electron chi connectivity index (χ3n) is 3.44. The van der Waals surface area contributed by atoms with Crippen LogP contribution in [0.4, 0.5) is 11.4 Å². The van der Waals surface area contributed by atoms with Gasteiger partial charge in [0.2, 0.25) is 11.8 Å². The Bertz CT molecular complexity index is 709. The molecule has 0 fully saturated rings. The van der Waals surface area contributed by atoms with Gasteiger partial charge in [0.05, 0.1) is 5.75 Å². The summed E-state index contributed by atoms with van der Waals surface area (Å²) in [6.07, 6.45) is 0.495. The number of hydrogen-bond acceptors (Lipinski definition) is 3. The normalized spacial score (nSPS) is 10.6. The Morgan fingerprint density at radius 2 is 1.40 bits per heavy atom. The van der Waals surface area contributed by atoms with Crippen LogP contribution in [0.2, 0.25) is 0 Å². The van der Waals surface area contributed by atoms with E-state index in [9.17, 15) is 9.59 Å². The topological polar surface area (TPSA) is 58.2 Å². The molecular formula is C20H24N2O2S.